The molecule has 3 fully saturated rings. The summed E-state index contributed by atoms with van der Waals surface area (Å²) in [6, 6.07) is 3.08. The molecule has 0 aromatic rings. The molecule has 0 radical (unpaired) electrons. The first kappa shape index (κ1) is 14.0. The summed E-state index contributed by atoms with van der Waals surface area (Å²) >= 11 is 0. The summed E-state index contributed by atoms with van der Waals surface area (Å²) in [5, 5.41) is 3.67. The van der Waals surface area contributed by atoms with Crippen LogP contribution in [-0.4, -0.2) is 51.3 Å². The Morgan fingerprint density at radius 2 is 1.68 bits per heavy atom. The Labute approximate surface area is 120 Å². The average molecular weight is 284 g/mol. The van der Waals surface area contributed by atoms with E-state index in [1.54, 1.807) is 0 Å². The van der Waals surface area contributed by atoms with Crippen molar-refractivity contribution in [2.75, 3.05) is 18.1 Å². The molecule has 3 aliphatic heterocycles. The molecule has 4 heteroatoms. The number of rotatable bonds is 3. The van der Waals surface area contributed by atoms with Gasteiger partial charge in [-0.1, -0.05) is 13.3 Å². The molecule has 2 bridgehead atoms. The third kappa shape index (κ3) is 3.06. The third-order valence-corrected chi connectivity index (χ3v) is 6.69. The van der Waals surface area contributed by atoms with Crippen molar-refractivity contribution in [3.05, 3.63) is 0 Å². The molecule has 3 saturated heterocycles. The Morgan fingerprint density at radius 3 is 2.26 bits per heavy atom. The van der Waals surface area contributed by atoms with Crippen LogP contribution in [0.5, 0.6) is 0 Å². The van der Waals surface area contributed by atoms with Gasteiger partial charge in [-0.3, -0.25) is 9.11 Å². The number of hydrogen-bond donors (Lipinski definition) is 1. The van der Waals surface area contributed by atoms with Gasteiger partial charge in [-0.05, 0) is 45.1 Å². The fourth-order valence-corrected chi connectivity index (χ4v) is 5.82. The van der Waals surface area contributed by atoms with Gasteiger partial charge in [-0.2, -0.15) is 0 Å². The van der Waals surface area contributed by atoms with Crippen molar-refractivity contribution in [2.45, 2.75) is 76.0 Å². The van der Waals surface area contributed by atoms with Crippen molar-refractivity contribution in [3.63, 3.8) is 0 Å². The summed E-state index contributed by atoms with van der Waals surface area (Å²) in [4.78, 5) is 2.85. The molecule has 19 heavy (non-hydrogen) atoms. The SMILES string of the molecule is CCNC1CC2CCCC(C1)N2C1CCS(=O)CC1. The predicted octanol–water partition coefficient (Wildman–Crippen LogP) is 1.89. The number of piperidine rings is 2. The van der Waals surface area contributed by atoms with E-state index in [-0.39, 0.29) is 0 Å². The van der Waals surface area contributed by atoms with Gasteiger partial charge < -0.3 is 5.32 Å². The van der Waals surface area contributed by atoms with Crippen LogP contribution < -0.4 is 5.32 Å². The quantitative estimate of drug-likeness (QED) is 0.859. The van der Waals surface area contributed by atoms with Crippen LogP contribution in [0.3, 0.4) is 0 Å². The summed E-state index contributed by atoms with van der Waals surface area (Å²) < 4.78 is 11.6. The smallest absolute Gasteiger partial charge is 0.0249 e. The predicted molar refractivity (Wildman–Crippen MR) is 80.9 cm³/mol. The summed E-state index contributed by atoms with van der Waals surface area (Å²) in [5.74, 6) is 1.88. The number of hydrogen-bond acceptors (Lipinski definition) is 3. The average Bonchev–Trinajstić information content (AvgIpc) is 2.39. The third-order valence-electron chi connectivity index (χ3n) is 5.30. The Bertz CT molecular complexity index is 312. The molecule has 2 atom stereocenters. The van der Waals surface area contributed by atoms with E-state index in [1.165, 1.54) is 44.9 Å². The molecule has 1 N–H and O–H groups in total. The molecule has 0 aromatic heterocycles. The molecule has 0 aromatic carbocycles. The first-order chi connectivity index (χ1) is 9.28. The van der Waals surface area contributed by atoms with Crippen LogP contribution in [0.15, 0.2) is 0 Å². The molecule has 3 aliphatic rings. The molecule has 3 rings (SSSR count). The van der Waals surface area contributed by atoms with Crippen LogP contribution in [0.4, 0.5) is 0 Å². The minimum atomic E-state index is -0.521. The molecular weight excluding hydrogens is 256 g/mol. The second-order valence-corrected chi connectivity index (χ2v) is 8.19. The first-order valence-electron chi connectivity index (χ1n) is 8.13. The van der Waals surface area contributed by atoms with Crippen molar-refractivity contribution in [3.8, 4) is 0 Å². The van der Waals surface area contributed by atoms with E-state index in [9.17, 15) is 4.21 Å². The molecule has 0 spiro atoms. The topological polar surface area (TPSA) is 32.3 Å². The molecule has 3 nitrogen and oxygen atoms in total. The zero-order valence-corrected chi connectivity index (χ0v) is 13.0. The maximum Gasteiger partial charge on any atom is 0.0249 e. The lowest BCUT2D eigenvalue weighted by atomic mass is 9.80. The largest absolute Gasteiger partial charge is 0.314 e. The van der Waals surface area contributed by atoms with Gasteiger partial charge in [0.1, 0.15) is 0 Å². The summed E-state index contributed by atoms with van der Waals surface area (Å²) in [6.45, 7) is 3.32. The molecule has 0 aliphatic carbocycles. The second kappa shape index (κ2) is 6.23. The number of fused-ring (bicyclic) bond motifs is 2. The highest BCUT2D eigenvalue weighted by molar-refractivity contribution is 7.85. The highest BCUT2D eigenvalue weighted by Crippen LogP contribution is 2.37. The van der Waals surface area contributed by atoms with Crippen molar-refractivity contribution >= 4 is 10.8 Å². The minimum absolute atomic E-state index is 0.521. The summed E-state index contributed by atoms with van der Waals surface area (Å²) in [5.41, 5.74) is 0. The lowest BCUT2D eigenvalue weighted by molar-refractivity contribution is -0.0134. The van der Waals surface area contributed by atoms with Crippen molar-refractivity contribution in [1.82, 2.24) is 10.2 Å². The maximum atomic E-state index is 11.6. The number of nitrogens with one attached hydrogen (secondary N) is 1. The summed E-state index contributed by atoms with van der Waals surface area (Å²) in [7, 11) is -0.521. The van der Waals surface area contributed by atoms with Crippen molar-refractivity contribution in [2.24, 2.45) is 0 Å². The first-order valence-corrected chi connectivity index (χ1v) is 9.62. The molecule has 0 saturated carbocycles. The van der Waals surface area contributed by atoms with Gasteiger partial charge in [0.15, 0.2) is 0 Å². The Hall–Kier alpha value is 0.0700. The minimum Gasteiger partial charge on any atom is -0.314 e. The Kier molecular flexibility index (Phi) is 4.60. The van der Waals surface area contributed by atoms with Crippen LogP contribution in [0, 0.1) is 0 Å². The zero-order valence-electron chi connectivity index (χ0n) is 12.1. The molecule has 110 valence electrons. The molecule has 3 heterocycles. The fraction of sp³-hybridized carbons (Fsp3) is 1.00. The lowest BCUT2D eigenvalue weighted by Gasteiger charge is -2.53. The Balaban J connectivity index is 1.66. The van der Waals surface area contributed by atoms with Gasteiger partial charge in [0.25, 0.3) is 0 Å². The van der Waals surface area contributed by atoms with Crippen LogP contribution in [0.25, 0.3) is 0 Å². The normalized spacial score (nSPS) is 44.2. The molecular formula is C15H28N2OS. The van der Waals surface area contributed by atoms with Crippen LogP contribution >= 0.6 is 0 Å². The zero-order chi connectivity index (χ0) is 13.2. The standard InChI is InChI=1S/C15H28N2OS/c1-2-16-12-10-14-4-3-5-15(11-12)17(14)13-6-8-19(18)9-7-13/h12-16H,2-11H2,1H3. The van der Waals surface area contributed by atoms with Crippen LogP contribution in [0.2, 0.25) is 0 Å². The van der Waals surface area contributed by atoms with Crippen molar-refractivity contribution < 1.29 is 4.21 Å². The monoisotopic (exact) mass is 284 g/mol. The van der Waals surface area contributed by atoms with E-state index in [1.807, 2.05) is 0 Å². The highest BCUT2D eigenvalue weighted by atomic mass is 32.2. The van der Waals surface area contributed by atoms with E-state index in [4.69, 9.17) is 0 Å². The van der Waals surface area contributed by atoms with Gasteiger partial charge in [0.05, 0.1) is 0 Å². The number of nitrogens with zero attached hydrogens (tertiary/aromatic N) is 1. The lowest BCUT2D eigenvalue weighted by Crippen LogP contribution is -2.60. The van der Waals surface area contributed by atoms with E-state index >= 15 is 0 Å². The maximum absolute atomic E-state index is 11.6. The second-order valence-electron chi connectivity index (χ2n) is 6.49. The van der Waals surface area contributed by atoms with E-state index < -0.39 is 10.8 Å². The van der Waals surface area contributed by atoms with Crippen LogP contribution in [-0.2, 0) is 10.8 Å². The van der Waals surface area contributed by atoms with Gasteiger partial charge in [0, 0.05) is 46.5 Å². The van der Waals surface area contributed by atoms with Gasteiger partial charge in [-0.25, -0.2) is 0 Å². The van der Waals surface area contributed by atoms with Gasteiger partial charge >= 0.3 is 0 Å². The highest BCUT2D eigenvalue weighted by Gasteiger charge is 2.41. The van der Waals surface area contributed by atoms with Crippen molar-refractivity contribution in [1.29, 1.82) is 0 Å². The Morgan fingerprint density at radius 1 is 1.05 bits per heavy atom. The van der Waals surface area contributed by atoms with Crippen LogP contribution in [0.1, 0.15) is 51.9 Å². The van der Waals surface area contributed by atoms with Gasteiger partial charge in [0.2, 0.25) is 0 Å². The fourth-order valence-electron chi connectivity index (χ4n) is 4.55. The van der Waals surface area contributed by atoms with Gasteiger partial charge in [-0.15, -0.1) is 0 Å². The van der Waals surface area contributed by atoms with E-state index in [2.05, 4.69) is 17.1 Å². The molecule has 2 unspecified atom stereocenters. The molecule has 0 amide bonds. The summed E-state index contributed by atoms with van der Waals surface area (Å²) in [6.07, 6.45) is 9.21. The van der Waals surface area contributed by atoms with E-state index in [0.29, 0.717) is 0 Å². The van der Waals surface area contributed by atoms with E-state index in [0.717, 1.165) is 42.2 Å².